The lowest BCUT2D eigenvalue weighted by molar-refractivity contribution is -0.122. The maximum Gasteiger partial charge on any atom is 0.236 e. The number of rotatable bonds is 5. The lowest BCUT2D eigenvalue weighted by Crippen LogP contribution is -2.40. The molecule has 0 radical (unpaired) electrons. The molecular formula is C12H25ClN2O2. The molecule has 1 saturated carbocycles. The van der Waals surface area contributed by atoms with Gasteiger partial charge in [0.1, 0.15) is 0 Å². The first-order valence-electron chi connectivity index (χ1n) is 6.26. The van der Waals surface area contributed by atoms with E-state index < -0.39 is 6.04 Å². The van der Waals surface area contributed by atoms with Gasteiger partial charge in [0.2, 0.25) is 5.91 Å². The number of carbonyl (C=O) groups excluding carboxylic acids is 1. The first-order valence-corrected chi connectivity index (χ1v) is 6.26. The van der Waals surface area contributed by atoms with Crippen molar-refractivity contribution in [2.24, 2.45) is 11.7 Å². The Labute approximate surface area is 110 Å². The fourth-order valence-electron chi connectivity index (χ4n) is 2.08. The summed E-state index contributed by atoms with van der Waals surface area (Å²) >= 11 is 0. The third-order valence-corrected chi connectivity index (χ3v) is 3.18. The van der Waals surface area contributed by atoms with Crippen molar-refractivity contribution >= 4 is 18.3 Å². The highest BCUT2D eigenvalue weighted by Gasteiger charge is 2.21. The van der Waals surface area contributed by atoms with E-state index in [0.29, 0.717) is 25.2 Å². The Bertz CT molecular complexity index is 225. The first kappa shape index (κ1) is 16.7. The Morgan fingerprint density at radius 3 is 2.71 bits per heavy atom. The Hall–Kier alpha value is -0.320. The van der Waals surface area contributed by atoms with Gasteiger partial charge in [0, 0.05) is 6.54 Å². The molecule has 3 N–H and O–H groups in total. The van der Waals surface area contributed by atoms with Crippen molar-refractivity contribution in [2.75, 3.05) is 13.2 Å². The van der Waals surface area contributed by atoms with Gasteiger partial charge in [0.05, 0.1) is 18.8 Å². The molecule has 0 heterocycles. The third-order valence-electron chi connectivity index (χ3n) is 3.18. The van der Waals surface area contributed by atoms with Crippen LogP contribution in [-0.4, -0.2) is 31.2 Å². The Morgan fingerprint density at radius 1 is 1.47 bits per heavy atom. The summed E-state index contributed by atoms with van der Waals surface area (Å²) in [4.78, 5) is 11.2. The largest absolute Gasteiger partial charge is 0.376 e. The summed E-state index contributed by atoms with van der Waals surface area (Å²) in [6, 6.07) is -0.436. The van der Waals surface area contributed by atoms with Crippen LogP contribution in [0.5, 0.6) is 0 Å². The van der Waals surface area contributed by atoms with Crippen molar-refractivity contribution in [3.05, 3.63) is 0 Å². The fourth-order valence-corrected chi connectivity index (χ4v) is 2.08. The van der Waals surface area contributed by atoms with Crippen molar-refractivity contribution in [2.45, 2.75) is 51.7 Å². The molecule has 102 valence electrons. The standard InChI is InChI=1S/C12H24N2O2.ClH/c1-9-5-3-4-6-11(9)16-8-7-14-12(15)10(2)13;/h9-11H,3-8,13H2,1-2H3,(H,14,15);1H. The summed E-state index contributed by atoms with van der Waals surface area (Å²) in [5, 5.41) is 2.75. The Kier molecular flexibility index (Phi) is 8.56. The molecule has 0 aromatic heterocycles. The molecule has 0 saturated heterocycles. The van der Waals surface area contributed by atoms with Crippen LogP contribution in [0.4, 0.5) is 0 Å². The predicted octanol–water partition coefficient (Wildman–Crippen LogP) is 1.47. The van der Waals surface area contributed by atoms with E-state index in [1.165, 1.54) is 19.3 Å². The SMILES string of the molecule is CC(N)C(=O)NCCOC1CCCCC1C.Cl. The molecule has 1 fully saturated rings. The third kappa shape index (κ3) is 6.24. The van der Waals surface area contributed by atoms with Crippen molar-refractivity contribution in [3.63, 3.8) is 0 Å². The summed E-state index contributed by atoms with van der Waals surface area (Å²) in [6.45, 7) is 5.07. The first-order chi connectivity index (χ1) is 7.61. The summed E-state index contributed by atoms with van der Waals surface area (Å²) in [5.74, 6) is 0.540. The van der Waals surface area contributed by atoms with E-state index >= 15 is 0 Å². The van der Waals surface area contributed by atoms with Crippen molar-refractivity contribution in [1.82, 2.24) is 5.32 Å². The second kappa shape index (κ2) is 8.72. The molecule has 0 bridgehead atoms. The molecule has 1 aliphatic carbocycles. The Balaban J connectivity index is 0.00000256. The number of carbonyl (C=O) groups is 1. The summed E-state index contributed by atoms with van der Waals surface area (Å²) in [6.07, 6.45) is 5.38. The number of hydrogen-bond acceptors (Lipinski definition) is 3. The van der Waals surface area contributed by atoms with Gasteiger partial charge < -0.3 is 15.8 Å². The lowest BCUT2D eigenvalue weighted by Gasteiger charge is -2.28. The van der Waals surface area contributed by atoms with Crippen LogP contribution in [0.15, 0.2) is 0 Å². The lowest BCUT2D eigenvalue weighted by atomic mass is 9.88. The van der Waals surface area contributed by atoms with Gasteiger partial charge in [-0.05, 0) is 25.7 Å². The van der Waals surface area contributed by atoms with Crippen LogP contribution < -0.4 is 11.1 Å². The molecule has 1 rings (SSSR count). The molecule has 5 heteroatoms. The topological polar surface area (TPSA) is 64.4 Å². The van der Waals surface area contributed by atoms with Crippen LogP contribution >= 0.6 is 12.4 Å². The van der Waals surface area contributed by atoms with Crippen molar-refractivity contribution < 1.29 is 9.53 Å². The van der Waals surface area contributed by atoms with Gasteiger partial charge in [-0.25, -0.2) is 0 Å². The predicted molar refractivity (Wildman–Crippen MR) is 71.3 cm³/mol. The van der Waals surface area contributed by atoms with Gasteiger partial charge in [-0.1, -0.05) is 19.8 Å². The molecule has 4 nitrogen and oxygen atoms in total. The summed E-state index contributed by atoms with van der Waals surface area (Å²) in [5.41, 5.74) is 5.43. The van der Waals surface area contributed by atoms with Gasteiger partial charge in [-0.3, -0.25) is 4.79 Å². The minimum Gasteiger partial charge on any atom is -0.376 e. The quantitative estimate of drug-likeness (QED) is 0.739. The van der Waals surface area contributed by atoms with Gasteiger partial charge in [0.15, 0.2) is 0 Å². The highest BCUT2D eigenvalue weighted by atomic mass is 35.5. The van der Waals surface area contributed by atoms with Crippen LogP contribution in [0.3, 0.4) is 0 Å². The number of nitrogens with two attached hydrogens (primary N) is 1. The number of amides is 1. The smallest absolute Gasteiger partial charge is 0.236 e. The molecule has 1 amide bonds. The van der Waals surface area contributed by atoms with E-state index in [1.807, 2.05) is 0 Å². The van der Waals surface area contributed by atoms with Crippen LogP contribution in [0.2, 0.25) is 0 Å². The van der Waals surface area contributed by atoms with Crippen LogP contribution in [0.25, 0.3) is 0 Å². The van der Waals surface area contributed by atoms with Gasteiger partial charge in [0.25, 0.3) is 0 Å². The average Bonchev–Trinajstić information content (AvgIpc) is 2.26. The maximum atomic E-state index is 11.2. The molecule has 3 atom stereocenters. The monoisotopic (exact) mass is 264 g/mol. The minimum atomic E-state index is -0.436. The normalized spacial score (nSPS) is 25.8. The van der Waals surface area contributed by atoms with Crippen molar-refractivity contribution in [1.29, 1.82) is 0 Å². The second-order valence-electron chi connectivity index (χ2n) is 4.75. The number of hydrogen-bond donors (Lipinski definition) is 2. The summed E-state index contributed by atoms with van der Waals surface area (Å²) < 4.78 is 5.77. The van der Waals surface area contributed by atoms with E-state index in [4.69, 9.17) is 10.5 Å². The van der Waals surface area contributed by atoms with E-state index in [-0.39, 0.29) is 18.3 Å². The second-order valence-corrected chi connectivity index (χ2v) is 4.75. The molecule has 0 aromatic rings. The zero-order valence-electron chi connectivity index (χ0n) is 10.8. The fraction of sp³-hybridized carbons (Fsp3) is 0.917. The highest BCUT2D eigenvalue weighted by Crippen LogP contribution is 2.25. The molecule has 1 aliphatic rings. The molecule has 0 aliphatic heterocycles. The maximum absolute atomic E-state index is 11.2. The zero-order valence-corrected chi connectivity index (χ0v) is 11.6. The van der Waals surface area contributed by atoms with Crippen LogP contribution in [0.1, 0.15) is 39.5 Å². The van der Waals surface area contributed by atoms with Gasteiger partial charge >= 0.3 is 0 Å². The van der Waals surface area contributed by atoms with Crippen LogP contribution in [0, 0.1) is 5.92 Å². The van der Waals surface area contributed by atoms with E-state index in [9.17, 15) is 4.79 Å². The molecule has 17 heavy (non-hydrogen) atoms. The summed E-state index contributed by atoms with van der Waals surface area (Å²) in [7, 11) is 0. The molecule has 3 unspecified atom stereocenters. The molecule has 0 aromatic carbocycles. The highest BCUT2D eigenvalue weighted by molar-refractivity contribution is 5.85. The number of nitrogens with one attached hydrogen (secondary N) is 1. The molecule has 0 spiro atoms. The van der Waals surface area contributed by atoms with Gasteiger partial charge in [-0.2, -0.15) is 0 Å². The van der Waals surface area contributed by atoms with Gasteiger partial charge in [-0.15, -0.1) is 12.4 Å². The average molecular weight is 265 g/mol. The number of halogens is 1. The minimum absolute atomic E-state index is 0. The zero-order chi connectivity index (χ0) is 12.0. The molecular weight excluding hydrogens is 240 g/mol. The van der Waals surface area contributed by atoms with E-state index in [2.05, 4.69) is 12.2 Å². The van der Waals surface area contributed by atoms with E-state index in [1.54, 1.807) is 6.92 Å². The van der Waals surface area contributed by atoms with Crippen molar-refractivity contribution in [3.8, 4) is 0 Å². The number of ether oxygens (including phenoxy) is 1. The Morgan fingerprint density at radius 2 is 2.12 bits per heavy atom. The van der Waals surface area contributed by atoms with E-state index in [0.717, 1.165) is 6.42 Å². The van der Waals surface area contributed by atoms with Crippen LogP contribution in [-0.2, 0) is 9.53 Å².